The Kier molecular flexibility index (Phi) is 4.58. The number of phenols is 2. The maximum Gasteiger partial charge on any atom is 0.126 e. The van der Waals surface area contributed by atoms with Crippen molar-refractivity contribution in [2.45, 2.75) is 19.4 Å². The lowest BCUT2D eigenvalue weighted by atomic mass is 10.1. The molecule has 0 radical (unpaired) electrons. The van der Waals surface area contributed by atoms with Gasteiger partial charge in [0.2, 0.25) is 0 Å². The average molecular weight is 275 g/mol. The summed E-state index contributed by atoms with van der Waals surface area (Å²) in [6.45, 7) is 2.51. The van der Waals surface area contributed by atoms with Gasteiger partial charge < -0.3 is 15.5 Å². The minimum atomic E-state index is -0.200. The molecule has 0 amide bonds. The van der Waals surface area contributed by atoms with Gasteiger partial charge in [0.15, 0.2) is 0 Å². The van der Waals surface area contributed by atoms with E-state index in [1.165, 1.54) is 18.2 Å². The van der Waals surface area contributed by atoms with E-state index < -0.39 is 0 Å². The number of nitrogens with one attached hydrogen (secondary N) is 1. The van der Waals surface area contributed by atoms with Gasteiger partial charge in [0.25, 0.3) is 0 Å². The lowest BCUT2D eigenvalue weighted by molar-refractivity contribution is 0.436. The van der Waals surface area contributed by atoms with Crippen LogP contribution in [0.3, 0.4) is 0 Å². The molecular weight excluding hydrogens is 257 g/mol. The van der Waals surface area contributed by atoms with Gasteiger partial charge in [-0.15, -0.1) is 0 Å². The molecule has 0 aliphatic carbocycles. The van der Waals surface area contributed by atoms with Crippen molar-refractivity contribution in [1.82, 2.24) is 5.32 Å². The standard InChI is InChI=1S/C16H18FNO2/c1-11(14-7-6-13(19)10-16(14)20)18-9-8-12-4-2-3-5-15(12)17/h2-7,10-11,18-20H,8-9H2,1H3. The van der Waals surface area contributed by atoms with E-state index in [0.29, 0.717) is 24.1 Å². The van der Waals surface area contributed by atoms with Crippen molar-refractivity contribution >= 4 is 0 Å². The predicted molar refractivity (Wildman–Crippen MR) is 76.3 cm³/mol. The van der Waals surface area contributed by atoms with Gasteiger partial charge in [0.05, 0.1) is 0 Å². The Hall–Kier alpha value is -2.07. The van der Waals surface area contributed by atoms with Gasteiger partial charge in [-0.1, -0.05) is 24.3 Å². The normalized spacial score (nSPS) is 12.3. The van der Waals surface area contributed by atoms with Crippen molar-refractivity contribution in [3.05, 3.63) is 59.4 Å². The van der Waals surface area contributed by atoms with Crippen molar-refractivity contribution in [1.29, 1.82) is 0 Å². The lowest BCUT2D eigenvalue weighted by Gasteiger charge is -2.16. The number of hydrogen-bond acceptors (Lipinski definition) is 3. The molecule has 0 saturated heterocycles. The highest BCUT2D eigenvalue weighted by molar-refractivity contribution is 5.40. The van der Waals surface area contributed by atoms with Crippen LogP contribution in [0.4, 0.5) is 4.39 Å². The van der Waals surface area contributed by atoms with Gasteiger partial charge >= 0.3 is 0 Å². The van der Waals surface area contributed by atoms with Crippen molar-refractivity contribution in [2.75, 3.05) is 6.54 Å². The number of halogens is 1. The van der Waals surface area contributed by atoms with Crippen molar-refractivity contribution in [3.8, 4) is 11.5 Å². The van der Waals surface area contributed by atoms with E-state index in [1.807, 2.05) is 13.0 Å². The molecule has 0 saturated carbocycles. The van der Waals surface area contributed by atoms with Gasteiger partial charge in [0.1, 0.15) is 17.3 Å². The number of aromatic hydroxyl groups is 2. The van der Waals surface area contributed by atoms with Gasteiger partial charge in [-0.05, 0) is 37.6 Å². The summed E-state index contributed by atoms with van der Waals surface area (Å²) in [6, 6.07) is 11.1. The third-order valence-corrected chi connectivity index (χ3v) is 3.28. The van der Waals surface area contributed by atoms with Crippen molar-refractivity contribution in [3.63, 3.8) is 0 Å². The van der Waals surface area contributed by atoms with Crippen LogP contribution in [0.25, 0.3) is 0 Å². The molecule has 2 rings (SSSR count). The van der Waals surface area contributed by atoms with Crippen LogP contribution in [0.1, 0.15) is 24.1 Å². The molecule has 2 aromatic rings. The summed E-state index contributed by atoms with van der Waals surface area (Å²) >= 11 is 0. The van der Waals surface area contributed by atoms with E-state index in [1.54, 1.807) is 18.2 Å². The quantitative estimate of drug-likeness (QED) is 0.785. The highest BCUT2D eigenvalue weighted by Crippen LogP contribution is 2.27. The maximum atomic E-state index is 13.4. The summed E-state index contributed by atoms with van der Waals surface area (Å²) in [5, 5.41) is 22.2. The lowest BCUT2D eigenvalue weighted by Crippen LogP contribution is -2.21. The van der Waals surface area contributed by atoms with Crippen LogP contribution in [0.2, 0.25) is 0 Å². The zero-order chi connectivity index (χ0) is 14.5. The smallest absolute Gasteiger partial charge is 0.126 e. The molecule has 2 aromatic carbocycles. The predicted octanol–water partition coefficient (Wildman–Crippen LogP) is 3.13. The molecule has 0 aliphatic heterocycles. The van der Waals surface area contributed by atoms with Crippen LogP contribution >= 0.6 is 0 Å². The molecule has 0 bridgehead atoms. The number of benzene rings is 2. The molecule has 0 aromatic heterocycles. The summed E-state index contributed by atoms with van der Waals surface area (Å²) in [5.74, 6) is -0.116. The summed E-state index contributed by atoms with van der Waals surface area (Å²) in [7, 11) is 0. The fraction of sp³-hybridized carbons (Fsp3) is 0.250. The molecular formula is C16H18FNO2. The minimum absolute atomic E-state index is 0.0322. The molecule has 3 nitrogen and oxygen atoms in total. The van der Waals surface area contributed by atoms with Crippen LogP contribution in [-0.2, 0) is 6.42 Å². The summed E-state index contributed by atoms with van der Waals surface area (Å²) in [6.07, 6.45) is 0.579. The van der Waals surface area contributed by atoms with Crippen LogP contribution in [-0.4, -0.2) is 16.8 Å². The Balaban J connectivity index is 1.92. The Bertz CT molecular complexity index is 586. The number of phenolic OH excluding ortho intramolecular Hbond substituents is 2. The second-order valence-electron chi connectivity index (χ2n) is 4.76. The average Bonchev–Trinajstić information content (AvgIpc) is 2.40. The first-order valence-corrected chi connectivity index (χ1v) is 6.56. The van der Waals surface area contributed by atoms with Gasteiger partial charge in [-0.2, -0.15) is 0 Å². The topological polar surface area (TPSA) is 52.5 Å². The Morgan fingerprint density at radius 3 is 2.60 bits per heavy atom. The first-order valence-electron chi connectivity index (χ1n) is 6.56. The molecule has 1 atom stereocenters. The Morgan fingerprint density at radius 1 is 1.15 bits per heavy atom. The second kappa shape index (κ2) is 6.39. The van der Waals surface area contributed by atoms with E-state index in [0.717, 1.165) is 0 Å². The summed E-state index contributed by atoms with van der Waals surface area (Å²) < 4.78 is 13.4. The molecule has 0 fully saturated rings. The summed E-state index contributed by atoms with van der Waals surface area (Å²) in [4.78, 5) is 0. The maximum absolute atomic E-state index is 13.4. The van der Waals surface area contributed by atoms with E-state index in [-0.39, 0.29) is 23.4 Å². The molecule has 3 N–H and O–H groups in total. The Morgan fingerprint density at radius 2 is 1.90 bits per heavy atom. The molecule has 0 aliphatic rings. The number of rotatable bonds is 5. The first-order chi connectivity index (χ1) is 9.58. The van der Waals surface area contributed by atoms with Crippen LogP contribution < -0.4 is 5.32 Å². The van der Waals surface area contributed by atoms with Crippen molar-refractivity contribution < 1.29 is 14.6 Å². The molecule has 0 spiro atoms. The molecule has 0 heterocycles. The van der Waals surface area contributed by atoms with Gasteiger partial charge in [-0.3, -0.25) is 0 Å². The third-order valence-electron chi connectivity index (χ3n) is 3.28. The van der Waals surface area contributed by atoms with Crippen LogP contribution in [0.5, 0.6) is 11.5 Å². The SMILES string of the molecule is CC(NCCc1ccccc1F)c1ccc(O)cc1O. The second-order valence-corrected chi connectivity index (χ2v) is 4.76. The molecule has 1 unspecified atom stereocenters. The van der Waals surface area contributed by atoms with Crippen LogP contribution in [0.15, 0.2) is 42.5 Å². The Labute approximate surface area is 117 Å². The fourth-order valence-corrected chi connectivity index (χ4v) is 2.13. The first kappa shape index (κ1) is 14.3. The summed E-state index contributed by atoms with van der Waals surface area (Å²) in [5.41, 5.74) is 1.37. The van der Waals surface area contributed by atoms with Crippen molar-refractivity contribution in [2.24, 2.45) is 0 Å². The van der Waals surface area contributed by atoms with Crippen LogP contribution in [0, 0.1) is 5.82 Å². The van der Waals surface area contributed by atoms with E-state index in [4.69, 9.17) is 0 Å². The van der Waals surface area contributed by atoms with Gasteiger partial charge in [0, 0.05) is 17.7 Å². The highest BCUT2D eigenvalue weighted by atomic mass is 19.1. The van der Waals surface area contributed by atoms with Gasteiger partial charge in [-0.25, -0.2) is 4.39 Å². The number of hydrogen-bond donors (Lipinski definition) is 3. The largest absolute Gasteiger partial charge is 0.508 e. The zero-order valence-corrected chi connectivity index (χ0v) is 11.3. The zero-order valence-electron chi connectivity index (χ0n) is 11.3. The highest BCUT2D eigenvalue weighted by Gasteiger charge is 2.10. The monoisotopic (exact) mass is 275 g/mol. The fourth-order valence-electron chi connectivity index (χ4n) is 2.13. The molecule has 106 valence electrons. The van der Waals surface area contributed by atoms with E-state index in [9.17, 15) is 14.6 Å². The molecule has 4 heteroatoms. The third kappa shape index (κ3) is 3.48. The van der Waals surface area contributed by atoms with E-state index >= 15 is 0 Å². The minimum Gasteiger partial charge on any atom is -0.508 e. The molecule has 20 heavy (non-hydrogen) atoms. The van der Waals surface area contributed by atoms with E-state index in [2.05, 4.69) is 5.32 Å².